The fraction of sp³-hybridized carbons (Fsp3) is 0.308. The van der Waals surface area contributed by atoms with E-state index in [1.807, 2.05) is 47.4 Å². The van der Waals surface area contributed by atoms with Gasteiger partial charge < -0.3 is 14.1 Å². The van der Waals surface area contributed by atoms with Crippen LogP contribution >= 0.6 is 0 Å². The van der Waals surface area contributed by atoms with Gasteiger partial charge in [-0.15, -0.1) is 0 Å². The monoisotopic (exact) mass is 492 g/mol. The molecule has 0 saturated carbocycles. The average molecular weight is 493 g/mol. The number of methoxy groups -OCH3 is 1. The third kappa shape index (κ3) is 5.39. The molecule has 35 heavy (non-hydrogen) atoms. The maximum atomic E-state index is 13.1. The molecule has 4 rings (SSSR count). The second-order valence-electron chi connectivity index (χ2n) is 8.54. The van der Waals surface area contributed by atoms with Gasteiger partial charge in [0, 0.05) is 32.3 Å². The number of piperazine rings is 1. The Morgan fingerprint density at radius 2 is 1.80 bits per heavy atom. The minimum absolute atomic E-state index is 0.177. The van der Waals surface area contributed by atoms with Gasteiger partial charge in [-0.2, -0.15) is 14.6 Å². The first-order valence-electron chi connectivity index (χ1n) is 11.4. The van der Waals surface area contributed by atoms with Crippen LogP contribution in [0.5, 0.6) is 5.75 Å². The van der Waals surface area contributed by atoms with Gasteiger partial charge >= 0.3 is 0 Å². The van der Waals surface area contributed by atoms with Crippen molar-refractivity contribution in [3.05, 3.63) is 71.2 Å². The Morgan fingerprint density at radius 1 is 1.09 bits per heavy atom. The van der Waals surface area contributed by atoms with Crippen molar-refractivity contribution in [3.8, 4) is 11.8 Å². The second kappa shape index (κ2) is 10.3. The van der Waals surface area contributed by atoms with Gasteiger partial charge in [-0.05, 0) is 47.4 Å². The molecule has 1 saturated heterocycles. The van der Waals surface area contributed by atoms with Gasteiger partial charge in [0.25, 0.3) is 0 Å². The molecule has 182 valence electrons. The Kier molecular flexibility index (Phi) is 7.24. The van der Waals surface area contributed by atoms with Crippen LogP contribution in [-0.4, -0.2) is 51.0 Å². The third-order valence-corrected chi connectivity index (χ3v) is 7.87. The topological polar surface area (TPSA) is 99.7 Å². The van der Waals surface area contributed by atoms with E-state index in [9.17, 15) is 13.7 Å². The molecule has 2 aromatic carbocycles. The van der Waals surface area contributed by atoms with Gasteiger partial charge in [0.05, 0.1) is 12.0 Å². The maximum Gasteiger partial charge on any atom is 0.243 e. The van der Waals surface area contributed by atoms with E-state index in [1.54, 1.807) is 25.3 Å². The number of nitriles is 1. The van der Waals surface area contributed by atoms with Crippen LogP contribution in [0.25, 0.3) is 12.2 Å². The van der Waals surface area contributed by atoms with Gasteiger partial charge in [-0.3, -0.25) is 0 Å². The molecule has 1 aromatic heterocycles. The van der Waals surface area contributed by atoms with E-state index in [-0.39, 0.29) is 23.7 Å². The molecule has 0 atom stereocenters. The molecule has 1 aliphatic heterocycles. The molecular weight excluding hydrogens is 464 g/mol. The number of rotatable bonds is 7. The first-order chi connectivity index (χ1) is 16.8. The van der Waals surface area contributed by atoms with E-state index in [2.05, 4.69) is 24.9 Å². The highest BCUT2D eigenvalue weighted by molar-refractivity contribution is 7.89. The maximum absolute atomic E-state index is 13.1. The number of oxazole rings is 1. The van der Waals surface area contributed by atoms with Gasteiger partial charge in [-0.1, -0.05) is 38.1 Å². The highest BCUT2D eigenvalue weighted by Gasteiger charge is 2.31. The van der Waals surface area contributed by atoms with E-state index in [0.29, 0.717) is 30.8 Å². The summed E-state index contributed by atoms with van der Waals surface area (Å²) >= 11 is 0. The summed E-state index contributed by atoms with van der Waals surface area (Å²) in [5.41, 5.74) is 2.18. The molecule has 0 amide bonds. The number of ether oxygens (including phenoxy) is 1. The Bertz CT molecular complexity index is 1350. The van der Waals surface area contributed by atoms with E-state index in [0.717, 1.165) is 16.9 Å². The zero-order chi connectivity index (χ0) is 25.0. The third-order valence-electron chi connectivity index (χ3n) is 5.95. The molecule has 0 bridgehead atoms. The molecule has 0 N–H and O–H groups in total. The van der Waals surface area contributed by atoms with Crippen LogP contribution < -0.4 is 9.64 Å². The Labute approximate surface area is 206 Å². The highest BCUT2D eigenvalue weighted by atomic mass is 32.2. The number of hydrogen-bond acceptors (Lipinski definition) is 7. The quantitative estimate of drug-likeness (QED) is 0.483. The highest BCUT2D eigenvalue weighted by Crippen LogP contribution is 2.27. The number of sulfonamides is 1. The van der Waals surface area contributed by atoms with Crippen LogP contribution in [0, 0.1) is 11.3 Å². The molecule has 0 radical (unpaired) electrons. The number of anilines is 1. The molecule has 0 unspecified atom stereocenters. The Hall–Kier alpha value is -3.61. The summed E-state index contributed by atoms with van der Waals surface area (Å²) in [6.07, 6.45) is 3.52. The zero-order valence-corrected chi connectivity index (χ0v) is 20.8. The molecule has 1 aliphatic rings. The van der Waals surface area contributed by atoms with E-state index >= 15 is 0 Å². The van der Waals surface area contributed by atoms with Crippen molar-refractivity contribution in [2.45, 2.75) is 24.7 Å². The zero-order valence-electron chi connectivity index (χ0n) is 20.0. The van der Waals surface area contributed by atoms with Crippen molar-refractivity contribution >= 4 is 28.1 Å². The van der Waals surface area contributed by atoms with Gasteiger partial charge in [0.15, 0.2) is 0 Å². The van der Waals surface area contributed by atoms with Gasteiger partial charge in [-0.25, -0.2) is 8.42 Å². The Balaban J connectivity index is 1.45. The van der Waals surface area contributed by atoms with E-state index in [4.69, 9.17) is 9.15 Å². The Morgan fingerprint density at radius 3 is 2.43 bits per heavy atom. The molecule has 0 spiro atoms. The number of benzene rings is 2. The standard InChI is InChI=1S/C26H28N4O4S/c1-19(2)21-8-10-23(11-9-21)35(31,32)30-15-13-29(14-16-30)26-24(18-27)28-25(34-26)12-7-20-5-4-6-22(17-20)33-3/h4-12,17,19H,13-16H2,1-3H3/b12-7+. The van der Waals surface area contributed by atoms with Crippen molar-refractivity contribution < 1.29 is 17.6 Å². The largest absolute Gasteiger partial charge is 0.497 e. The average Bonchev–Trinajstić information content (AvgIpc) is 3.31. The van der Waals surface area contributed by atoms with Crippen molar-refractivity contribution in [2.24, 2.45) is 0 Å². The number of nitrogens with zero attached hydrogens (tertiary/aromatic N) is 4. The fourth-order valence-corrected chi connectivity index (χ4v) is 5.33. The van der Waals surface area contributed by atoms with Crippen molar-refractivity contribution in [1.82, 2.24) is 9.29 Å². The van der Waals surface area contributed by atoms with Gasteiger partial charge in [0.1, 0.15) is 11.8 Å². The van der Waals surface area contributed by atoms with Crippen molar-refractivity contribution in [1.29, 1.82) is 5.26 Å². The minimum Gasteiger partial charge on any atom is -0.497 e. The number of hydrogen-bond donors (Lipinski definition) is 0. The van der Waals surface area contributed by atoms with Crippen LogP contribution in [-0.2, 0) is 10.0 Å². The smallest absolute Gasteiger partial charge is 0.243 e. The molecule has 9 heteroatoms. The summed E-state index contributed by atoms with van der Waals surface area (Å²) in [6.45, 7) is 5.51. The molecule has 2 heterocycles. The van der Waals surface area contributed by atoms with Crippen molar-refractivity contribution in [3.63, 3.8) is 0 Å². The molecule has 0 aliphatic carbocycles. The summed E-state index contributed by atoms with van der Waals surface area (Å²) in [5, 5.41) is 9.56. The summed E-state index contributed by atoms with van der Waals surface area (Å²) < 4.78 is 38.8. The fourth-order valence-electron chi connectivity index (χ4n) is 3.90. The normalized spacial score (nSPS) is 15.0. The summed E-state index contributed by atoms with van der Waals surface area (Å²) in [4.78, 5) is 6.43. The van der Waals surface area contributed by atoms with E-state index < -0.39 is 10.0 Å². The molecule has 8 nitrogen and oxygen atoms in total. The van der Waals surface area contributed by atoms with Gasteiger partial charge in [0.2, 0.25) is 27.5 Å². The van der Waals surface area contributed by atoms with Crippen LogP contribution in [0.15, 0.2) is 57.8 Å². The van der Waals surface area contributed by atoms with Crippen molar-refractivity contribution in [2.75, 3.05) is 38.2 Å². The lowest BCUT2D eigenvalue weighted by atomic mass is 10.0. The van der Waals surface area contributed by atoms with Crippen LogP contribution in [0.1, 0.15) is 42.5 Å². The summed E-state index contributed by atoms with van der Waals surface area (Å²) in [7, 11) is -1.98. The number of aromatic nitrogens is 1. The first-order valence-corrected chi connectivity index (χ1v) is 12.8. The summed E-state index contributed by atoms with van der Waals surface area (Å²) in [5.74, 6) is 1.74. The summed E-state index contributed by atoms with van der Waals surface area (Å²) in [6, 6.07) is 16.7. The van der Waals surface area contributed by atoms with E-state index in [1.165, 1.54) is 4.31 Å². The predicted molar refractivity (Wildman–Crippen MR) is 135 cm³/mol. The lowest BCUT2D eigenvalue weighted by Crippen LogP contribution is -2.48. The lowest BCUT2D eigenvalue weighted by molar-refractivity contribution is 0.373. The molecular formula is C26H28N4O4S. The second-order valence-corrected chi connectivity index (χ2v) is 10.5. The molecule has 3 aromatic rings. The SMILES string of the molecule is COc1cccc(/C=C/c2nc(C#N)c(N3CCN(S(=O)(=O)c4ccc(C(C)C)cc4)CC3)o2)c1. The lowest BCUT2D eigenvalue weighted by Gasteiger charge is -2.33. The first kappa shape index (κ1) is 24.5. The van der Waals surface area contributed by atoms with Crippen LogP contribution in [0.4, 0.5) is 5.88 Å². The minimum atomic E-state index is -3.59. The molecule has 1 fully saturated rings. The van der Waals surface area contributed by atoms with Crippen LogP contribution in [0.3, 0.4) is 0 Å². The van der Waals surface area contributed by atoms with Crippen LogP contribution in [0.2, 0.25) is 0 Å². The predicted octanol–water partition coefficient (Wildman–Crippen LogP) is 4.36.